The second kappa shape index (κ2) is 6.19. The van der Waals surface area contributed by atoms with E-state index >= 15 is 0 Å². The molecule has 0 aliphatic carbocycles. The zero-order valence-corrected chi connectivity index (χ0v) is 11.7. The average molecular weight is 270 g/mol. The lowest BCUT2D eigenvalue weighted by Crippen LogP contribution is -2.36. The Labute approximate surface area is 118 Å². The highest BCUT2D eigenvalue weighted by atomic mass is 16.2. The second-order valence-corrected chi connectivity index (χ2v) is 4.98. The predicted octanol–water partition coefficient (Wildman–Crippen LogP) is 2.88. The Morgan fingerprint density at radius 1 is 1.30 bits per heavy atom. The molecule has 0 radical (unpaired) electrons. The maximum atomic E-state index is 12.5. The molecule has 1 aromatic carbocycles. The fourth-order valence-corrected chi connectivity index (χ4v) is 2.03. The van der Waals surface area contributed by atoms with Gasteiger partial charge in [0.05, 0.1) is 0 Å². The molecule has 1 N–H and O–H groups in total. The monoisotopic (exact) mass is 270 g/mol. The maximum Gasteiger partial charge on any atom is 0.270 e. The first-order valence-corrected chi connectivity index (χ1v) is 6.60. The molecule has 0 saturated heterocycles. The number of hydrogen-bond donors (Lipinski definition) is 1. The Bertz CT molecular complexity index is 588. The highest BCUT2D eigenvalue weighted by Gasteiger charge is 2.20. The summed E-state index contributed by atoms with van der Waals surface area (Å²) in [6.45, 7) is 4.50. The number of nitrogens with one attached hydrogen (secondary N) is 1. The second-order valence-electron chi connectivity index (χ2n) is 4.98. The Balaban J connectivity index is 2.20. The van der Waals surface area contributed by atoms with Gasteiger partial charge in [-0.3, -0.25) is 9.59 Å². The van der Waals surface area contributed by atoms with Crippen molar-refractivity contribution in [1.29, 1.82) is 0 Å². The van der Waals surface area contributed by atoms with Crippen LogP contribution in [0.5, 0.6) is 0 Å². The quantitative estimate of drug-likeness (QED) is 0.849. The number of aromatic amines is 1. The van der Waals surface area contributed by atoms with Crippen LogP contribution < -0.4 is 0 Å². The van der Waals surface area contributed by atoms with Crippen LogP contribution in [0.2, 0.25) is 0 Å². The number of carbonyl (C=O) groups is 2. The predicted molar refractivity (Wildman–Crippen MR) is 77.6 cm³/mol. The molecular weight excluding hydrogens is 252 g/mol. The molecule has 0 aliphatic rings. The molecule has 4 heteroatoms. The van der Waals surface area contributed by atoms with Crippen molar-refractivity contribution in [3.63, 3.8) is 0 Å². The van der Waals surface area contributed by atoms with E-state index in [1.807, 2.05) is 44.2 Å². The van der Waals surface area contributed by atoms with Crippen molar-refractivity contribution in [2.45, 2.75) is 26.4 Å². The topological polar surface area (TPSA) is 53.2 Å². The summed E-state index contributed by atoms with van der Waals surface area (Å²) in [6, 6.07) is 11.5. The fraction of sp³-hybridized carbons (Fsp3) is 0.250. The van der Waals surface area contributed by atoms with Crippen LogP contribution in [0, 0.1) is 0 Å². The van der Waals surface area contributed by atoms with Gasteiger partial charge in [-0.05, 0) is 25.5 Å². The number of nitrogens with zero attached hydrogens (tertiary/aromatic N) is 1. The maximum absolute atomic E-state index is 12.5. The van der Waals surface area contributed by atoms with E-state index in [4.69, 9.17) is 0 Å². The van der Waals surface area contributed by atoms with Crippen LogP contribution in [0.4, 0.5) is 0 Å². The van der Waals surface area contributed by atoms with E-state index in [0.29, 0.717) is 17.8 Å². The summed E-state index contributed by atoms with van der Waals surface area (Å²) in [5.41, 5.74) is 2.00. The summed E-state index contributed by atoms with van der Waals surface area (Å²) in [6.07, 6.45) is 2.27. The molecule has 1 heterocycles. The van der Waals surface area contributed by atoms with Gasteiger partial charge in [-0.1, -0.05) is 30.3 Å². The molecule has 0 fully saturated rings. The Kier molecular flexibility index (Phi) is 4.35. The van der Waals surface area contributed by atoms with Crippen molar-refractivity contribution in [3.05, 3.63) is 59.4 Å². The third-order valence-corrected chi connectivity index (χ3v) is 3.15. The summed E-state index contributed by atoms with van der Waals surface area (Å²) >= 11 is 0. The van der Waals surface area contributed by atoms with Crippen LogP contribution in [0.3, 0.4) is 0 Å². The molecule has 0 bridgehead atoms. The first-order chi connectivity index (χ1) is 9.61. The highest BCUT2D eigenvalue weighted by Crippen LogP contribution is 2.13. The van der Waals surface area contributed by atoms with Crippen LogP contribution in [0.25, 0.3) is 0 Å². The molecule has 0 aliphatic heterocycles. The zero-order chi connectivity index (χ0) is 14.5. The van der Waals surface area contributed by atoms with E-state index < -0.39 is 0 Å². The number of H-pyrrole nitrogens is 1. The molecule has 2 rings (SSSR count). The Morgan fingerprint density at radius 3 is 2.55 bits per heavy atom. The average Bonchev–Trinajstić information content (AvgIpc) is 2.94. The van der Waals surface area contributed by atoms with E-state index in [9.17, 15) is 9.59 Å². The third-order valence-electron chi connectivity index (χ3n) is 3.15. The first kappa shape index (κ1) is 14.1. The van der Waals surface area contributed by atoms with Gasteiger partial charge in [0.2, 0.25) is 0 Å². The van der Waals surface area contributed by atoms with Gasteiger partial charge in [0.1, 0.15) is 5.69 Å². The van der Waals surface area contributed by atoms with Crippen LogP contribution in [0.15, 0.2) is 42.6 Å². The van der Waals surface area contributed by atoms with E-state index in [1.165, 1.54) is 0 Å². The molecule has 2 aromatic rings. The zero-order valence-electron chi connectivity index (χ0n) is 11.7. The molecule has 20 heavy (non-hydrogen) atoms. The van der Waals surface area contributed by atoms with Crippen molar-refractivity contribution in [1.82, 2.24) is 9.88 Å². The molecular formula is C16H18N2O2. The summed E-state index contributed by atoms with van der Waals surface area (Å²) in [4.78, 5) is 27.8. The normalized spacial score (nSPS) is 10.6. The van der Waals surface area contributed by atoms with Crippen molar-refractivity contribution in [2.24, 2.45) is 0 Å². The van der Waals surface area contributed by atoms with Crippen molar-refractivity contribution in [3.8, 4) is 0 Å². The summed E-state index contributed by atoms with van der Waals surface area (Å²) in [5, 5.41) is 0. The lowest BCUT2D eigenvalue weighted by atomic mass is 10.1. The van der Waals surface area contributed by atoms with Gasteiger partial charge in [0.25, 0.3) is 5.91 Å². The molecule has 0 saturated carbocycles. The lowest BCUT2D eigenvalue weighted by molar-refractivity contribution is 0.0685. The molecule has 0 unspecified atom stereocenters. The molecule has 1 amide bonds. The van der Waals surface area contributed by atoms with Gasteiger partial charge in [0.15, 0.2) is 6.29 Å². The Morgan fingerprint density at radius 2 is 2.00 bits per heavy atom. The van der Waals surface area contributed by atoms with Crippen molar-refractivity contribution >= 4 is 12.2 Å². The van der Waals surface area contributed by atoms with Gasteiger partial charge < -0.3 is 9.88 Å². The molecule has 4 nitrogen and oxygen atoms in total. The number of rotatable bonds is 5. The minimum atomic E-state index is -0.100. The van der Waals surface area contributed by atoms with E-state index in [2.05, 4.69) is 4.98 Å². The minimum Gasteiger partial charge on any atom is -0.356 e. The number of amides is 1. The van der Waals surface area contributed by atoms with Crippen molar-refractivity contribution < 1.29 is 9.59 Å². The standard InChI is InChI=1S/C16H18N2O2/c1-12(2)18(10-13-6-4-3-5-7-13)16(20)15-8-14(11-19)9-17-15/h3-9,11-12,17H,10H2,1-2H3. The molecule has 0 atom stereocenters. The van der Waals surface area contributed by atoms with Gasteiger partial charge in [-0.15, -0.1) is 0 Å². The number of hydrogen-bond acceptors (Lipinski definition) is 2. The SMILES string of the molecule is CC(C)N(Cc1ccccc1)C(=O)c1cc(C=O)c[nH]1. The van der Waals surface area contributed by atoms with E-state index in [0.717, 1.165) is 11.8 Å². The highest BCUT2D eigenvalue weighted by molar-refractivity contribution is 5.94. The number of aromatic nitrogens is 1. The number of aldehydes is 1. The van der Waals surface area contributed by atoms with Gasteiger partial charge in [-0.25, -0.2) is 0 Å². The van der Waals surface area contributed by atoms with Gasteiger partial charge >= 0.3 is 0 Å². The summed E-state index contributed by atoms with van der Waals surface area (Å²) in [5.74, 6) is -0.100. The number of benzene rings is 1. The smallest absolute Gasteiger partial charge is 0.270 e. The molecule has 104 valence electrons. The lowest BCUT2D eigenvalue weighted by Gasteiger charge is -2.26. The molecule has 1 aromatic heterocycles. The van der Waals surface area contributed by atoms with E-state index in [-0.39, 0.29) is 11.9 Å². The summed E-state index contributed by atoms with van der Waals surface area (Å²) in [7, 11) is 0. The van der Waals surface area contributed by atoms with Crippen LogP contribution in [-0.4, -0.2) is 28.1 Å². The fourth-order valence-electron chi connectivity index (χ4n) is 2.03. The van der Waals surface area contributed by atoms with Crippen LogP contribution in [-0.2, 0) is 6.54 Å². The van der Waals surface area contributed by atoms with Crippen LogP contribution in [0.1, 0.15) is 40.3 Å². The van der Waals surface area contributed by atoms with Gasteiger partial charge in [-0.2, -0.15) is 0 Å². The van der Waals surface area contributed by atoms with Gasteiger partial charge in [0, 0.05) is 24.3 Å². The van der Waals surface area contributed by atoms with Crippen molar-refractivity contribution in [2.75, 3.05) is 0 Å². The van der Waals surface area contributed by atoms with Crippen LogP contribution >= 0.6 is 0 Å². The third kappa shape index (κ3) is 3.15. The number of carbonyl (C=O) groups excluding carboxylic acids is 2. The minimum absolute atomic E-state index is 0.0747. The Hall–Kier alpha value is -2.36. The van der Waals surface area contributed by atoms with E-state index in [1.54, 1.807) is 17.2 Å². The summed E-state index contributed by atoms with van der Waals surface area (Å²) < 4.78 is 0. The first-order valence-electron chi connectivity index (χ1n) is 6.60. The molecule has 0 spiro atoms. The largest absolute Gasteiger partial charge is 0.356 e.